The molecular formula is C15H17F3N2O4. The van der Waals surface area contributed by atoms with Crippen molar-refractivity contribution < 1.29 is 32.2 Å². The van der Waals surface area contributed by atoms with Crippen molar-refractivity contribution in [3.8, 4) is 11.5 Å². The number of nitrogens with two attached hydrogens (primary N) is 1. The summed E-state index contributed by atoms with van der Waals surface area (Å²) in [4.78, 5) is 23.6. The van der Waals surface area contributed by atoms with E-state index in [2.05, 4.69) is 6.58 Å². The van der Waals surface area contributed by atoms with Gasteiger partial charge in [0.15, 0.2) is 18.1 Å². The molecule has 0 saturated carbocycles. The Kier molecular flexibility index (Phi) is 6.63. The van der Waals surface area contributed by atoms with E-state index in [1.165, 1.54) is 31.4 Å². The molecule has 0 heterocycles. The van der Waals surface area contributed by atoms with Gasteiger partial charge in [0, 0.05) is 12.1 Å². The van der Waals surface area contributed by atoms with Crippen molar-refractivity contribution in [2.24, 2.45) is 5.73 Å². The summed E-state index contributed by atoms with van der Waals surface area (Å²) in [6.07, 6.45) is -3.33. The molecule has 6 nitrogen and oxygen atoms in total. The highest BCUT2D eigenvalue weighted by Crippen LogP contribution is 2.29. The predicted octanol–water partition coefficient (Wildman–Crippen LogP) is 1.75. The van der Waals surface area contributed by atoms with Crippen molar-refractivity contribution in [3.05, 3.63) is 36.4 Å². The molecule has 0 aliphatic heterocycles. The summed E-state index contributed by atoms with van der Waals surface area (Å²) in [6, 6.07) is 3.81. The van der Waals surface area contributed by atoms with E-state index in [4.69, 9.17) is 15.2 Å². The van der Waals surface area contributed by atoms with Gasteiger partial charge in [-0.3, -0.25) is 9.59 Å². The van der Waals surface area contributed by atoms with Crippen LogP contribution in [0, 0.1) is 0 Å². The average Bonchev–Trinajstić information content (AvgIpc) is 2.50. The monoisotopic (exact) mass is 346 g/mol. The zero-order valence-corrected chi connectivity index (χ0v) is 12.9. The number of ether oxygens (including phenoxy) is 2. The maximum atomic E-state index is 12.6. The van der Waals surface area contributed by atoms with Crippen LogP contribution in [-0.2, 0) is 4.79 Å². The van der Waals surface area contributed by atoms with Gasteiger partial charge in [-0.1, -0.05) is 6.08 Å². The first-order chi connectivity index (χ1) is 11.2. The van der Waals surface area contributed by atoms with E-state index >= 15 is 0 Å². The van der Waals surface area contributed by atoms with E-state index in [1.54, 1.807) is 0 Å². The standard InChI is InChI=1S/C15H17F3N2O4/c1-3-6-20(9-15(16,17)18)14(22)10-4-5-11(12(7-10)23-2)24-8-13(19)21/h3-5,7H,1,6,8-9H2,2H3,(H2,19,21). The second-order valence-corrected chi connectivity index (χ2v) is 4.71. The highest BCUT2D eigenvalue weighted by atomic mass is 19.4. The Hall–Kier alpha value is -2.71. The minimum atomic E-state index is -4.53. The number of carbonyl (C=O) groups excluding carboxylic acids is 2. The molecule has 1 aromatic carbocycles. The quantitative estimate of drug-likeness (QED) is 0.727. The number of halogens is 3. The van der Waals surface area contributed by atoms with Crippen LogP contribution in [0.15, 0.2) is 30.9 Å². The number of benzene rings is 1. The van der Waals surface area contributed by atoms with Crippen molar-refractivity contribution in [1.82, 2.24) is 4.90 Å². The lowest BCUT2D eigenvalue weighted by molar-refractivity contribution is -0.139. The third-order valence-electron chi connectivity index (χ3n) is 2.79. The lowest BCUT2D eigenvalue weighted by atomic mass is 10.1. The first kappa shape index (κ1) is 19.3. The Morgan fingerprint density at radius 1 is 1.33 bits per heavy atom. The fourth-order valence-corrected chi connectivity index (χ4v) is 1.84. The molecule has 2 amide bonds. The molecule has 0 bridgehead atoms. The number of primary amides is 1. The number of carbonyl (C=O) groups is 2. The van der Waals surface area contributed by atoms with E-state index in [-0.39, 0.29) is 23.6 Å². The lowest BCUT2D eigenvalue weighted by Gasteiger charge is -2.23. The maximum Gasteiger partial charge on any atom is 0.406 e. The molecule has 0 aromatic heterocycles. The van der Waals surface area contributed by atoms with Gasteiger partial charge >= 0.3 is 6.18 Å². The van der Waals surface area contributed by atoms with Crippen molar-refractivity contribution in [1.29, 1.82) is 0 Å². The van der Waals surface area contributed by atoms with E-state index in [0.717, 1.165) is 0 Å². The van der Waals surface area contributed by atoms with E-state index in [1.807, 2.05) is 0 Å². The van der Waals surface area contributed by atoms with E-state index in [9.17, 15) is 22.8 Å². The molecule has 1 aromatic rings. The number of rotatable bonds is 8. The van der Waals surface area contributed by atoms with E-state index < -0.39 is 31.1 Å². The minimum absolute atomic E-state index is 0.0237. The van der Waals surface area contributed by atoms with Crippen molar-refractivity contribution >= 4 is 11.8 Å². The summed E-state index contributed by atoms with van der Waals surface area (Å²) in [7, 11) is 1.29. The molecule has 0 aliphatic carbocycles. The first-order valence-corrected chi connectivity index (χ1v) is 6.74. The number of hydrogen-bond acceptors (Lipinski definition) is 4. The number of alkyl halides is 3. The molecule has 24 heavy (non-hydrogen) atoms. The molecule has 0 fully saturated rings. The van der Waals surface area contributed by atoms with Crippen LogP contribution in [0.1, 0.15) is 10.4 Å². The molecule has 0 saturated heterocycles. The van der Waals surface area contributed by atoms with Gasteiger partial charge in [0.1, 0.15) is 6.54 Å². The van der Waals surface area contributed by atoms with Crippen LogP contribution < -0.4 is 15.2 Å². The fourth-order valence-electron chi connectivity index (χ4n) is 1.84. The lowest BCUT2D eigenvalue weighted by Crippen LogP contribution is -2.39. The van der Waals surface area contributed by atoms with E-state index in [0.29, 0.717) is 4.90 Å². The van der Waals surface area contributed by atoms with Crippen molar-refractivity contribution in [2.45, 2.75) is 6.18 Å². The fraction of sp³-hybridized carbons (Fsp3) is 0.333. The summed E-state index contributed by atoms with van der Waals surface area (Å²) in [5.74, 6) is -1.32. The average molecular weight is 346 g/mol. The van der Waals surface area contributed by atoms with Crippen LogP contribution in [0.25, 0.3) is 0 Å². The smallest absolute Gasteiger partial charge is 0.406 e. The zero-order valence-electron chi connectivity index (χ0n) is 12.9. The van der Waals surface area contributed by atoms with Gasteiger partial charge < -0.3 is 20.1 Å². The number of hydrogen-bond donors (Lipinski definition) is 1. The molecule has 0 unspecified atom stereocenters. The minimum Gasteiger partial charge on any atom is -0.493 e. The highest BCUT2D eigenvalue weighted by Gasteiger charge is 2.33. The largest absolute Gasteiger partial charge is 0.493 e. The number of methoxy groups -OCH3 is 1. The van der Waals surface area contributed by atoms with Gasteiger partial charge in [-0.15, -0.1) is 6.58 Å². The van der Waals surface area contributed by atoms with Crippen molar-refractivity contribution in [3.63, 3.8) is 0 Å². The first-order valence-electron chi connectivity index (χ1n) is 6.74. The Bertz CT molecular complexity index is 617. The van der Waals surface area contributed by atoms with Crippen LogP contribution in [0.4, 0.5) is 13.2 Å². The molecule has 0 spiro atoms. The normalized spacial score (nSPS) is 10.8. The second kappa shape index (κ2) is 8.23. The van der Waals surface area contributed by atoms with Gasteiger partial charge in [-0.2, -0.15) is 13.2 Å². The Balaban J connectivity index is 3.04. The van der Waals surface area contributed by atoms with Gasteiger partial charge in [-0.25, -0.2) is 0 Å². The summed E-state index contributed by atoms with van der Waals surface area (Å²) < 4.78 is 47.8. The summed E-state index contributed by atoms with van der Waals surface area (Å²) in [5.41, 5.74) is 4.94. The van der Waals surface area contributed by atoms with Crippen LogP contribution in [-0.4, -0.2) is 49.7 Å². The Labute approximate surface area is 136 Å². The van der Waals surface area contributed by atoms with Gasteiger partial charge in [0.05, 0.1) is 7.11 Å². The van der Waals surface area contributed by atoms with Crippen molar-refractivity contribution in [2.75, 3.05) is 26.8 Å². The third kappa shape index (κ3) is 5.82. The predicted molar refractivity (Wildman–Crippen MR) is 79.8 cm³/mol. The summed E-state index contributed by atoms with van der Waals surface area (Å²) >= 11 is 0. The molecular weight excluding hydrogens is 329 g/mol. The number of nitrogens with zero attached hydrogens (tertiary/aromatic N) is 1. The summed E-state index contributed by atoms with van der Waals surface area (Å²) in [5, 5.41) is 0. The molecule has 2 N–H and O–H groups in total. The maximum absolute atomic E-state index is 12.6. The molecule has 0 aliphatic rings. The number of amides is 2. The molecule has 1 rings (SSSR count). The van der Waals surface area contributed by atoms with Gasteiger partial charge in [0.2, 0.25) is 0 Å². The topological polar surface area (TPSA) is 81.9 Å². The van der Waals surface area contributed by atoms with Gasteiger partial charge in [0.25, 0.3) is 11.8 Å². The van der Waals surface area contributed by atoms with Crippen LogP contribution in [0.3, 0.4) is 0 Å². The molecule has 0 atom stereocenters. The SMILES string of the molecule is C=CCN(CC(F)(F)F)C(=O)c1ccc(OCC(N)=O)c(OC)c1. The molecule has 0 radical (unpaired) electrons. The highest BCUT2D eigenvalue weighted by molar-refractivity contribution is 5.95. The van der Waals surface area contributed by atoms with Crippen LogP contribution in [0.2, 0.25) is 0 Å². The molecule has 9 heteroatoms. The third-order valence-corrected chi connectivity index (χ3v) is 2.79. The zero-order chi connectivity index (χ0) is 18.3. The van der Waals surface area contributed by atoms with Crippen LogP contribution in [0.5, 0.6) is 11.5 Å². The Morgan fingerprint density at radius 2 is 2.00 bits per heavy atom. The Morgan fingerprint density at radius 3 is 2.50 bits per heavy atom. The second-order valence-electron chi connectivity index (χ2n) is 4.71. The molecule has 132 valence electrons. The van der Waals surface area contributed by atoms with Crippen LogP contribution >= 0.6 is 0 Å². The summed E-state index contributed by atoms with van der Waals surface area (Å²) in [6.45, 7) is 1.28. The van der Waals surface area contributed by atoms with Gasteiger partial charge in [-0.05, 0) is 18.2 Å².